The Kier molecular flexibility index (Phi) is 2.70. The number of ether oxygens (including phenoxy) is 1. The predicted molar refractivity (Wildman–Crippen MR) is 67.7 cm³/mol. The summed E-state index contributed by atoms with van der Waals surface area (Å²) < 4.78 is 20.4. The second-order valence-electron chi connectivity index (χ2n) is 4.47. The Labute approximate surface area is 108 Å². The second-order valence-corrected chi connectivity index (χ2v) is 4.47. The highest BCUT2D eigenvalue weighted by molar-refractivity contribution is 5.43. The van der Waals surface area contributed by atoms with Crippen LogP contribution in [0.4, 0.5) is 10.1 Å². The van der Waals surface area contributed by atoms with Crippen molar-refractivity contribution in [1.29, 1.82) is 0 Å². The molecule has 1 aromatic carbocycles. The zero-order valence-corrected chi connectivity index (χ0v) is 10.0. The first kappa shape index (κ1) is 11.7. The van der Waals surface area contributed by atoms with Gasteiger partial charge < -0.3 is 15.0 Å². The molecule has 0 amide bonds. The lowest BCUT2D eigenvalue weighted by molar-refractivity contribution is 0.414. The number of rotatable bonds is 3. The zero-order valence-electron chi connectivity index (χ0n) is 10.0. The van der Waals surface area contributed by atoms with Crippen LogP contribution in [0.15, 0.2) is 35.4 Å². The van der Waals surface area contributed by atoms with Gasteiger partial charge in [0.15, 0.2) is 11.6 Å². The Balaban J connectivity index is 1.95. The average molecular weight is 261 g/mol. The lowest BCUT2D eigenvalue weighted by Gasteiger charge is -2.08. The molecule has 0 radical (unpaired) electrons. The molecule has 2 N–H and O–H groups in total. The molecule has 6 heteroatoms. The SMILES string of the molecule is Nc1ccc(Oc2nccn(C3CC3)c2=O)c(F)c1. The van der Waals surface area contributed by atoms with Gasteiger partial charge in [-0.1, -0.05) is 0 Å². The normalized spacial score (nSPS) is 14.4. The monoisotopic (exact) mass is 261 g/mol. The fourth-order valence-corrected chi connectivity index (χ4v) is 1.82. The summed E-state index contributed by atoms with van der Waals surface area (Å²) in [6.07, 6.45) is 5.04. The van der Waals surface area contributed by atoms with E-state index in [-0.39, 0.29) is 23.2 Å². The lowest BCUT2D eigenvalue weighted by Crippen LogP contribution is -2.20. The molecule has 0 aliphatic heterocycles. The number of nitrogen functional groups attached to an aromatic ring is 1. The molecule has 2 aromatic rings. The van der Waals surface area contributed by atoms with Gasteiger partial charge in [0, 0.05) is 30.2 Å². The van der Waals surface area contributed by atoms with E-state index in [1.165, 1.54) is 18.3 Å². The van der Waals surface area contributed by atoms with Crippen molar-refractivity contribution < 1.29 is 9.13 Å². The first-order valence-electron chi connectivity index (χ1n) is 5.95. The van der Waals surface area contributed by atoms with Gasteiger partial charge in [0.05, 0.1) is 0 Å². The van der Waals surface area contributed by atoms with Gasteiger partial charge in [-0.2, -0.15) is 0 Å². The maximum absolute atomic E-state index is 13.6. The Morgan fingerprint density at radius 2 is 2.21 bits per heavy atom. The van der Waals surface area contributed by atoms with Gasteiger partial charge in [0.2, 0.25) is 0 Å². The van der Waals surface area contributed by atoms with Crippen LogP contribution in [0.5, 0.6) is 11.6 Å². The molecular weight excluding hydrogens is 249 g/mol. The van der Waals surface area contributed by atoms with E-state index >= 15 is 0 Å². The highest BCUT2D eigenvalue weighted by Crippen LogP contribution is 2.33. The molecular formula is C13H12FN3O2. The minimum atomic E-state index is -0.622. The van der Waals surface area contributed by atoms with Gasteiger partial charge in [0.25, 0.3) is 5.88 Å². The summed E-state index contributed by atoms with van der Waals surface area (Å²) in [6, 6.07) is 4.23. The number of aromatic nitrogens is 2. The van der Waals surface area contributed by atoms with Crippen LogP contribution in [-0.4, -0.2) is 9.55 Å². The molecule has 3 rings (SSSR count). The molecule has 1 fully saturated rings. The molecule has 1 heterocycles. The highest BCUT2D eigenvalue weighted by Gasteiger charge is 2.25. The Morgan fingerprint density at radius 1 is 1.42 bits per heavy atom. The first-order chi connectivity index (χ1) is 9.15. The van der Waals surface area contributed by atoms with E-state index in [9.17, 15) is 9.18 Å². The van der Waals surface area contributed by atoms with Crippen LogP contribution in [0.3, 0.4) is 0 Å². The summed E-state index contributed by atoms with van der Waals surface area (Å²) in [6.45, 7) is 0. The van der Waals surface area contributed by atoms with Gasteiger partial charge in [-0.25, -0.2) is 9.37 Å². The number of nitrogens with two attached hydrogens (primary N) is 1. The number of benzene rings is 1. The summed E-state index contributed by atoms with van der Waals surface area (Å²) in [7, 11) is 0. The van der Waals surface area contributed by atoms with E-state index in [4.69, 9.17) is 10.5 Å². The third kappa shape index (κ3) is 2.29. The molecule has 0 atom stereocenters. The van der Waals surface area contributed by atoms with E-state index in [1.807, 2.05) is 0 Å². The molecule has 1 aliphatic rings. The predicted octanol–water partition coefficient (Wildman–Crippen LogP) is 2.09. The fraction of sp³-hybridized carbons (Fsp3) is 0.231. The average Bonchev–Trinajstić information content (AvgIpc) is 3.19. The van der Waals surface area contributed by atoms with Crippen LogP contribution in [-0.2, 0) is 0 Å². The molecule has 0 unspecified atom stereocenters. The summed E-state index contributed by atoms with van der Waals surface area (Å²) in [5, 5.41) is 0. The van der Waals surface area contributed by atoms with Crippen molar-refractivity contribution in [3.63, 3.8) is 0 Å². The summed E-state index contributed by atoms with van der Waals surface area (Å²) in [5.41, 5.74) is 5.39. The van der Waals surface area contributed by atoms with Crippen LogP contribution < -0.4 is 16.0 Å². The van der Waals surface area contributed by atoms with Gasteiger partial charge in [-0.15, -0.1) is 0 Å². The molecule has 19 heavy (non-hydrogen) atoms. The van der Waals surface area contributed by atoms with Crippen molar-refractivity contribution in [3.8, 4) is 11.6 Å². The minimum Gasteiger partial charge on any atom is -0.431 e. The molecule has 0 bridgehead atoms. The molecule has 1 saturated carbocycles. The van der Waals surface area contributed by atoms with Crippen molar-refractivity contribution in [1.82, 2.24) is 9.55 Å². The number of anilines is 1. The van der Waals surface area contributed by atoms with E-state index < -0.39 is 5.82 Å². The molecule has 1 aliphatic carbocycles. The van der Waals surface area contributed by atoms with Gasteiger partial charge >= 0.3 is 5.56 Å². The van der Waals surface area contributed by atoms with Gasteiger partial charge in [0.1, 0.15) is 0 Å². The smallest absolute Gasteiger partial charge is 0.313 e. The fourth-order valence-electron chi connectivity index (χ4n) is 1.82. The van der Waals surface area contributed by atoms with Crippen LogP contribution in [0.1, 0.15) is 18.9 Å². The quantitative estimate of drug-likeness (QED) is 0.859. The van der Waals surface area contributed by atoms with Crippen LogP contribution in [0.2, 0.25) is 0 Å². The van der Waals surface area contributed by atoms with Crippen LogP contribution >= 0.6 is 0 Å². The van der Waals surface area contributed by atoms with Crippen molar-refractivity contribution in [2.45, 2.75) is 18.9 Å². The molecule has 0 saturated heterocycles. The van der Waals surface area contributed by atoms with Crippen molar-refractivity contribution >= 4 is 5.69 Å². The molecule has 5 nitrogen and oxygen atoms in total. The van der Waals surface area contributed by atoms with Crippen LogP contribution in [0.25, 0.3) is 0 Å². The van der Waals surface area contributed by atoms with E-state index in [0.29, 0.717) is 5.69 Å². The van der Waals surface area contributed by atoms with Crippen molar-refractivity contribution in [2.75, 3.05) is 5.73 Å². The molecule has 98 valence electrons. The van der Waals surface area contributed by atoms with E-state index in [0.717, 1.165) is 18.9 Å². The number of hydrogen-bond donors (Lipinski definition) is 1. The standard InChI is InChI=1S/C13H12FN3O2/c14-10-7-8(15)1-4-11(10)19-12-13(18)17(6-5-16-12)9-2-3-9/h1,4-7,9H,2-3,15H2. The molecule has 1 aromatic heterocycles. The number of hydrogen-bond acceptors (Lipinski definition) is 4. The second kappa shape index (κ2) is 4.38. The van der Waals surface area contributed by atoms with Gasteiger partial charge in [-0.3, -0.25) is 4.79 Å². The number of nitrogens with zero attached hydrogens (tertiary/aromatic N) is 2. The van der Waals surface area contributed by atoms with Crippen molar-refractivity contribution in [2.24, 2.45) is 0 Å². The summed E-state index contributed by atoms with van der Waals surface area (Å²) >= 11 is 0. The van der Waals surface area contributed by atoms with Crippen molar-refractivity contribution in [3.05, 3.63) is 46.8 Å². The first-order valence-corrected chi connectivity index (χ1v) is 5.95. The lowest BCUT2D eigenvalue weighted by atomic mass is 10.3. The third-order valence-corrected chi connectivity index (χ3v) is 2.94. The Bertz CT molecular complexity index is 680. The Morgan fingerprint density at radius 3 is 2.89 bits per heavy atom. The summed E-state index contributed by atoms with van der Waals surface area (Å²) in [5.74, 6) is -0.812. The van der Waals surface area contributed by atoms with Crippen LogP contribution in [0, 0.1) is 5.82 Å². The third-order valence-electron chi connectivity index (χ3n) is 2.94. The largest absolute Gasteiger partial charge is 0.431 e. The zero-order chi connectivity index (χ0) is 13.4. The number of halogens is 1. The van der Waals surface area contributed by atoms with E-state index in [1.54, 1.807) is 10.8 Å². The highest BCUT2D eigenvalue weighted by atomic mass is 19.1. The maximum atomic E-state index is 13.6. The maximum Gasteiger partial charge on any atom is 0.313 e. The summed E-state index contributed by atoms with van der Waals surface area (Å²) in [4.78, 5) is 15.9. The molecule has 0 spiro atoms. The Hall–Kier alpha value is -2.37. The minimum absolute atomic E-state index is 0.0626. The van der Waals surface area contributed by atoms with E-state index in [2.05, 4.69) is 4.98 Å². The van der Waals surface area contributed by atoms with Gasteiger partial charge in [-0.05, 0) is 25.0 Å². The topological polar surface area (TPSA) is 70.1 Å².